The van der Waals surface area contributed by atoms with Crippen LogP contribution in [0.2, 0.25) is 0 Å². The quantitative estimate of drug-likeness (QED) is 0.480. The highest BCUT2D eigenvalue weighted by Gasteiger charge is 2.27. The fourth-order valence-electron chi connectivity index (χ4n) is 2.87. The number of nitrogens with zero attached hydrogens (tertiary/aromatic N) is 2. The zero-order valence-corrected chi connectivity index (χ0v) is 17.8. The Bertz CT molecular complexity index is 1090. The predicted octanol–water partition coefficient (Wildman–Crippen LogP) is 3.31. The van der Waals surface area contributed by atoms with Crippen LogP contribution in [-0.2, 0) is 26.0 Å². The fourth-order valence-corrected chi connectivity index (χ4v) is 5.33. The molecule has 0 N–H and O–H groups in total. The third-order valence-corrected chi connectivity index (χ3v) is 7.00. The summed E-state index contributed by atoms with van der Waals surface area (Å²) >= 11 is 1.22. The van der Waals surface area contributed by atoms with Gasteiger partial charge in [-0.05, 0) is 18.4 Å². The van der Waals surface area contributed by atoms with Crippen LogP contribution in [0.4, 0.5) is 0 Å². The summed E-state index contributed by atoms with van der Waals surface area (Å²) in [4.78, 5) is 16.3. The van der Waals surface area contributed by atoms with Gasteiger partial charge >= 0.3 is 5.97 Å². The van der Waals surface area contributed by atoms with Gasteiger partial charge in [0, 0.05) is 24.4 Å². The Morgan fingerprint density at radius 2 is 1.93 bits per heavy atom. The molecule has 0 aliphatic rings. The lowest BCUT2D eigenvalue weighted by Crippen LogP contribution is -2.33. The number of carbonyl (C=O) groups excluding carboxylic acids is 1. The van der Waals surface area contributed by atoms with Crippen molar-refractivity contribution in [1.82, 2.24) is 9.29 Å². The second-order valence-corrected chi connectivity index (χ2v) is 9.00. The first-order valence-corrected chi connectivity index (χ1v) is 11.4. The van der Waals surface area contributed by atoms with Crippen molar-refractivity contribution in [1.29, 1.82) is 0 Å². The van der Waals surface area contributed by atoms with Crippen molar-refractivity contribution < 1.29 is 22.7 Å². The second-order valence-electron chi connectivity index (χ2n) is 6.16. The third kappa shape index (κ3) is 4.81. The summed E-state index contributed by atoms with van der Waals surface area (Å²) in [6, 6.07) is 12.6. The number of ether oxygens (including phenoxy) is 2. The Morgan fingerprint density at radius 3 is 2.69 bits per heavy atom. The maximum Gasteiger partial charge on any atom is 0.357 e. The Labute approximate surface area is 173 Å². The van der Waals surface area contributed by atoms with E-state index >= 15 is 0 Å². The summed E-state index contributed by atoms with van der Waals surface area (Å²) < 4.78 is 38.3. The highest BCUT2D eigenvalue weighted by Crippen LogP contribution is 2.27. The first kappa shape index (κ1) is 21.4. The van der Waals surface area contributed by atoms with Crippen LogP contribution >= 0.6 is 11.3 Å². The van der Waals surface area contributed by atoms with Crippen molar-refractivity contribution in [2.24, 2.45) is 0 Å². The average Bonchev–Trinajstić information content (AvgIpc) is 3.19. The van der Waals surface area contributed by atoms with Gasteiger partial charge in [-0.3, -0.25) is 0 Å². The van der Waals surface area contributed by atoms with Crippen molar-refractivity contribution in [2.45, 2.75) is 18.4 Å². The molecule has 7 nitrogen and oxygen atoms in total. The summed E-state index contributed by atoms with van der Waals surface area (Å²) in [5.41, 5.74) is 0.182. The largest absolute Gasteiger partial charge is 0.461 e. The van der Waals surface area contributed by atoms with Gasteiger partial charge in [-0.25, -0.2) is 18.2 Å². The molecular weight excluding hydrogens is 412 g/mol. The van der Waals surface area contributed by atoms with Gasteiger partial charge in [0.05, 0.1) is 24.7 Å². The maximum atomic E-state index is 13.5. The van der Waals surface area contributed by atoms with E-state index in [9.17, 15) is 13.2 Å². The van der Waals surface area contributed by atoms with Gasteiger partial charge < -0.3 is 9.47 Å². The smallest absolute Gasteiger partial charge is 0.357 e. The van der Waals surface area contributed by atoms with Crippen molar-refractivity contribution in [3.8, 4) is 0 Å². The van der Waals surface area contributed by atoms with Gasteiger partial charge in [0.25, 0.3) is 0 Å². The number of sulfonamides is 1. The summed E-state index contributed by atoms with van der Waals surface area (Å²) in [6.45, 7) is 2.41. The third-order valence-electron chi connectivity index (χ3n) is 4.26. The molecule has 3 aromatic rings. The molecule has 0 saturated heterocycles. The molecule has 3 rings (SSSR count). The minimum atomic E-state index is -3.82. The molecule has 0 atom stereocenters. The van der Waals surface area contributed by atoms with Crippen LogP contribution in [0, 0.1) is 0 Å². The first-order chi connectivity index (χ1) is 14.0. The molecule has 29 heavy (non-hydrogen) atoms. The second kappa shape index (κ2) is 9.45. The molecule has 0 aliphatic carbocycles. The van der Waals surface area contributed by atoms with Gasteiger partial charge in [-0.15, -0.1) is 11.3 Å². The molecule has 2 aromatic carbocycles. The van der Waals surface area contributed by atoms with Gasteiger partial charge in [0.2, 0.25) is 10.0 Å². The van der Waals surface area contributed by atoms with E-state index in [4.69, 9.17) is 9.47 Å². The molecule has 154 valence electrons. The number of hydrogen-bond donors (Lipinski definition) is 0. The number of methoxy groups -OCH3 is 1. The number of hydrogen-bond acceptors (Lipinski definition) is 7. The van der Waals surface area contributed by atoms with Crippen LogP contribution in [-0.4, -0.2) is 50.5 Å². The Balaban J connectivity index is 1.94. The van der Waals surface area contributed by atoms with Crippen LogP contribution in [0.1, 0.15) is 22.4 Å². The topological polar surface area (TPSA) is 85.8 Å². The SMILES string of the molecule is CCOC(=O)c1csc(CN(CCOC)S(=O)(=O)c2cccc3ccccc23)n1. The summed E-state index contributed by atoms with van der Waals surface area (Å²) in [7, 11) is -2.30. The van der Waals surface area contributed by atoms with E-state index in [1.54, 1.807) is 30.5 Å². The van der Waals surface area contributed by atoms with E-state index in [2.05, 4.69) is 4.98 Å². The molecule has 1 aromatic heterocycles. The summed E-state index contributed by atoms with van der Waals surface area (Å²) in [6.07, 6.45) is 0. The number of rotatable bonds is 9. The zero-order chi connectivity index (χ0) is 20.9. The van der Waals surface area contributed by atoms with Crippen LogP contribution in [0.3, 0.4) is 0 Å². The summed E-state index contributed by atoms with van der Waals surface area (Å²) in [5, 5.41) is 3.59. The summed E-state index contributed by atoms with van der Waals surface area (Å²) in [5.74, 6) is -0.518. The first-order valence-electron chi connectivity index (χ1n) is 9.05. The normalized spacial score (nSPS) is 11.8. The van der Waals surface area contributed by atoms with Crippen LogP contribution in [0.5, 0.6) is 0 Å². The molecule has 0 saturated carbocycles. The number of esters is 1. The molecule has 0 fully saturated rings. The minimum absolute atomic E-state index is 0.0407. The number of fused-ring (bicyclic) bond motifs is 1. The van der Waals surface area contributed by atoms with E-state index in [0.29, 0.717) is 10.4 Å². The Hall–Kier alpha value is -2.33. The van der Waals surface area contributed by atoms with Gasteiger partial charge in [-0.2, -0.15) is 4.31 Å². The molecule has 0 bridgehead atoms. The van der Waals surface area contributed by atoms with Gasteiger partial charge in [0.15, 0.2) is 5.69 Å². The number of aromatic nitrogens is 1. The van der Waals surface area contributed by atoms with Crippen molar-refractivity contribution in [3.05, 3.63) is 58.5 Å². The van der Waals surface area contributed by atoms with Gasteiger partial charge in [0.1, 0.15) is 5.01 Å². The maximum absolute atomic E-state index is 13.5. The van der Waals surface area contributed by atoms with E-state index in [1.165, 1.54) is 22.8 Å². The van der Waals surface area contributed by atoms with E-state index < -0.39 is 16.0 Å². The lowest BCUT2D eigenvalue weighted by molar-refractivity contribution is 0.0520. The van der Waals surface area contributed by atoms with Gasteiger partial charge in [-0.1, -0.05) is 36.4 Å². The van der Waals surface area contributed by atoms with Crippen molar-refractivity contribution >= 4 is 38.1 Å². The Morgan fingerprint density at radius 1 is 1.17 bits per heavy atom. The molecule has 0 unspecified atom stereocenters. The standard InChI is InChI=1S/C20H22N2O5S2/c1-3-27-20(23)17-14-28-19(21-17)13-22(11-12-26-2)29(24,25)18-10-6-8-15-7-4-5-9-16(15)18/h4-10,14H,3,11-13H2,1-2H3. The molecule has 0 amide bonds. The molecular formula is C20H22N2O5S2. The minimum Gasteiger partial charge on any atom is -0.461 e. The lowest BCUT2D eigenvalue weighted by Gasteiger charge is -2.22. The number of benzene rings is 2. The van der Waals surface area contributed by atoms with Crippen LogP contribution in [0.25, 0.3) is 10.8 Å². The van der Waals surface area contributed by atoms with Crippen LogP contribution in [0.15, 0.2) is 52.7 Å². The molecule has 9 heteroatoms. The predicted molar refractivity (Wildman–Crippen MR) is 111 cm³/mol. The van der Waals surface area contributed by atoms with Crippen molar-refractivity contribution in [3.63, 3.8) is 0 Å². The van der Waals surface area contributed by atoms with E-state index in [0.717, 1.165) is 5.39 Å². The fraction of sp³-hybridized carbons (Fsp3) is 0.300. The zero-order valence-electron chi connectivity index (χ0n) is 16.2. The monoisotopic (exact) mass is 434 g/mol. The van der Waals surface area contributed by atoms with Crippen LogP contribution < -0.4 is 0 Å². The number of thiazole rings is 1. The van der Waals surface area contributed by atoms with E-state index in [-0.39, 0.29) is 36.9 Å². The highest BCUT2D eigenvalue weighted by atomic mass is 32.2. The average molecular weight is 435 g/mol. The highest BCUT2D eigenvalue weighted by molar-refractivity contribution is 7.89. The molecule has 0 radical (unpaired) electrons. The Kier molecular flexibility index (Phi) is 6.96. The molecule has 0 spiro atoms. The number of carbonyl (C=O) groups is 1. The molecule has 1 heterocycles. The lowest BCUT2D eigenvalue weighted by atomic mass is 10.1. The molecule has 0 aliphatic heterocycles. The van der Waals surface area contributed by atoms with Crippen molar-refractivity contribution in [2.75, 3.05) is 26.9 Å². The van der Waals surface area contributed by atoms with E-state index in [1.807, 2.05) is 24.3 Å².